The Labute approximate surface area is 78.7 Å². The summed E-state index contributed by atoms with van der Waals surface area (Å²) in [5, 5.41) is 18.3. The summed E-state index contributed by atoms with van der Waals surface area (Å²) in [5.41, 5.74) is 4.80. The molecule has 78 valence electrons. The highest BCUT2D eigenvalue weighted by atomic mass is 16.4. The molecule has 0 saturated heterocycles. The van der Waals surface area contributed by atoms with Crippen LogP contribution in [0.25, 0.3) is 0 Å². The monoisotopic (exact) mass is 189 g/mol. The highest BCUT2D eigenvalue weighted by molar-refractivity contribution is 5.66. The van der Waals surface area contributed by atoms with E-state index in [0.717, 1.165) is 0 Å². The molecule has 0 aromatic rings. The maximum absolute atomic E-state index is 10.3. The van der Waals surface area contributed by atoms with Crippen molar-refractivity contribution in [1.29, 1.82) is 0 Å². The fraction of sp³-hybridized carbons (Fsp3) is 0.889. The lowest BCUT2D eigenvalue weighted by Crippen LogP contribution is -2.47. The van der Waals surface area contributed by atoms with Crippen LogP contribution in [0.3, 0.4) is 0 Å². The largest absolute Gasteiger partial charge is 0.481 e. The minimum absolute atomic E-state index is 0.0173. The van der Waals surface area contributed by atoms with E-state index < -0.39 is 17.6 Å². The van der Waals surface area contributed by atoms with Crippen molar-refractivity contribution >= 4 is 5.97 Å². The Balaban J connectivity index is 4.06. The first kappa shape index (κ1) is 12.4. The molecular weight excluding hydrogens is 170 g/mol. The first-order valence-corrected chi connectivity index (χ1v) is 4.66. The Morgan fingerprint density at radius 3 is 2.23 bits per heavy atom. The second kappa shape index (κ2) is 5.19. The smallest absolute Gasteiger partial charge is 0.303 e. The summed E-state index contributed by atoms with van der Waals surface area (Å²) in [4.78, 5) is 10.3. The molecule has 0 aliphatic carbocycles. The maximum atomic E-state index is 10.3. The van der Waals surface area contributed by atoms with Gasteiger partial charge in [-0.15, -0.1) is 0 Å². The van der Waals surface area contributed by atoms with Crippen LogP contribution in [0.5, 0.6) is 0 Å². The summed E-state index contributed by atoms with van der Waals surface area (Å²) in [5.74, 6) is -0.870. The lowest BCUT2D eigenvalue weighted by Gasteiger charge is -2.31. The first-order chi connectivity index (χ1) is 5.96. The lowest BCUT2D eigenvalue weighted by atomic mass is 9.86. The van der Waals surface area contributed by atoms with Gasteiger partial charge >= 0.3 is 5.97 Å². The third-order valence-electron chi connectivity index (χ3n) is 2.58. The number of aliphatic carboxylic acids is 1. The highest BCUT2D eigenvalue weighted by Crippen LogP contribution is 2.20. The van der Waals surface area contributed by atoms with Crippen LogP contribution < -0.4 is 5.73 Å². The van der Waals surface area contributed by atoms with Crippen molar-refractivity contribution in [2.24, 2.45) is 5.73 Å². The number of hydrogen-bond donors (Lipinski definition) is 3. The summed E-state index contributed by atoms with van der Waals surface area (Å²) in [6.07, 6.45) is 1.46. The average molecular weight is 189 g/mol. The summed E-state index contributed by atoms with van der Waals surface area (Å²) in [6, 6.07) is -0.446. The van der Waals surface area contributed by atoms with Gasteiger partial charge in [-0.25, -0.2) is 0 Å². The molecule has 13 heavy (non-hydrogen) atoms. The first-order valence-electron chi connectivity index (χ1n) is 4.66. The Morgan fingerprint density at radius 2 is 1.92 bits per heavy atom. The molecule has 0 aliphatic rings. The zero-order valence-corrected chi connectivity index (χ0v) is 8.29. The van der Waals surface area contributed by atoms with Gasteiger partial charge in [0, 0.05) is 12.5 Å². The average Bonchev–Trinajstić information content (AvgIpc) is 2.12. The van der Waals surface area contributed by atoms with E-state index in [1.165, 1.54) is 0 Å². The van der Waals surface area contributed by atoms with E-state index in [4.69, 9.17) is 10.8 Å². The van der Waals surface area contributed by atoms with Crippen LogP contribution in [0.1, 0.15) is 39.5 Å². The van der Waals surface area contributed by atoms with Gasteiger partial charge in [-0.2, -0.15) is 0 Å². The van der Waals surface area contributed by atoms with Gasteiger partial charge in [0.1, 0.15) is 0 Å². The molecule has 0 aromatic heterocycles. The Hall–Kier alpha value is -0.610. The van der Waals surface area contributed by atoms with Gasteiger partial charge in [-0.3, -0.25) is 4.79 Å². The quantitative estimate of drug-likeness (QED) is 0.575. The molecule has 0 bridgehead atoms. The molecule has 0 rings (SSSR count). The van der Waals surface area contributed by atoms with Gasteiger partial charge < -0.3 is 15.9 Å². The van der Waals surface area contributed by atoms with Crippen molar-refractivity contribution in [3.8, 4) is 0 Å². The topological polar surface area (TPSA) is 83.5 Å². The molecular formula is C9H19NO3. The molecule has 4 heteroatoms. The molecule has 0 saturated carbocycles. The zero-order valence-electron chi connectivity index (χ0n) is 8.29. The Morgan fingerprint density at radius 1 is 1.46 bits per heavy atom. The number of carboxylic acid groups (broad SMARTS) is 1. The molecule has 0 spiro atoms. The van der Waals surface area contributed by atoms with Crippen molar-refractivity contribution in [3.63, 3.8) is 0 Å². The molecule has 0 radical (unpaired) electrons. The molecule has 0 fully saturated rings. The van der Waals surface area contributed by atoms with Crippen LogP contribution in [-0.2, 0) is 4.79 Å². The van der Waals surface area contributed by atoms with Gasteiger partial charge in [0.15, 0.2) is 0 Å². The molecule has 4 N–H and O–H groups in total. The van der Waals surface area contributed by atoms with E-state index in [0.29, 0.717) is 19.3 Å². The third kappa shape index (κ3) is 3.74. The third-order valence-corrected chi connectivity index (χ3v) is 2.58. The molecule has 0 unspecified atom stereocenters. The van der Waals surface area contributed by atoms with Crippen LogP contribution in [0.4, 0.5) is 0 Å². The predicted molar refractivity (Wildman–Crippen MR) is 50.4 cm³/mol. The van der Waals surface area contributed by atoms with Crippen molar-refractivity contribution in [1.82, 2.24) is 0 Å². The minimum atomic E-state index is -0.907. The number of nitrogens with two attached hydrogens (primary N) is 1. The SMILES string of the molecule is CCC(O)(CC)[C@@H](N)CCC(=O)O. The van der Waals surface area contributed by atoms with Crippen molar-refractivity contribution in [3.05, 3.63) is 0 Å². The second-order valence-corrected chi connectivity index (χ2v) is 3.35. The minimum Gasteiger partial charge on any atom is -0.481 e. The molecule has 0 aromatic carbocycles. The number of carbonyl (C=O) groups is 1. The lowest BCUT2D eigenvalue weighted by molar-refractivity contribution is -0.137. The summed E-state index contributed by atoms with van der Waals surface area (Å²) >= 11 is 0. The molecule has 4 nitrogen and oxygen atoms in total. The molecule has 0 heterocycles. The van der Waals surface area contributed by atoms with Gasteiger partial charge in [-0.05, 0) is 19.3 Å². The van der Waals surface area contributed by atoms with E-state index in [1.807, 2.05) is 13.8 Å². The fourth-order valence-electron chi connectivity index (χ4n) is 1.32. The predicted octanol–water partition coefficient (Wildman–Crippen LogP) is 0.730. The van der Waals surface area contributed by atoms with Crippen molar-refractivity contribution < 1.29 is 15.0 Å². The number of aliphatic hydroxyl groups is 1. The standard InChI is InChI=1S/C9H19NO3/c1-3-9(13,4-2)7(10)5-6-8(11)12/h7,13H,3-6,10H2,1-2H3,(H,11,12)/t7-/m0/s1. The van der Waals surface area contributed by atoms with Crippen LogP contribution in [-0.4, -0.2) is 27.8 Å². The van der Waals surface area contributed by atoms with Crippen LogP contribution >= 0.6 is 0 Å². The highest BCUT2D eigenvalue weighted by Gasteiger charge is 2.30. The van der Waals surface area contributed by atoms with Gasteiger partial charge in [-0.1, -0.05) is 13.8 Å². The maximum Gasteiger partial charge on any atom is 0.303 e. The van der Waals surface area contributed by atoms with E-state index in [9.17, 15) is 9.90 Å². The van der Waals surface area contributed by atoms with E-state index >= 15 is 0 Å². The van der Waals surface area contributed by atoms with E-state index in [1.54, 1.807) is 0 Å². The normalized spacial score (nSPS) is 14.2. The van der Waals surface area contributed by atoms with Gasteiger partial charge in [0.05, 0.1) is 5.60 Å². The fourth-order valence-corrected chi connectivity index (χ4v) is 1.32. The summed E-state index contributed by atoms with van der Waals surface area (Å²) in [6.45, 7) is 3.70. The second-order valence-electron chi connectivity index (χ2n) is 3.35. The van der Waals surface area contributed by atoms with E-state index in [-0.39, 0.29) is 6.42 Å². The molecule has 0 aliphatic heterocycles. The number of carboxylic acids is 1. The van der Waals surface area contributed by atoms with Crippen LogP contribution in [0.15, 0.2) is 0 Å². The summed E-state index contributed by atoms with van der Waals surface area (Å²) in [7, 11) is 0. The Bertz CT molecular complexity index is 166. The van der Waals surface area contributed by atoms with Gasteiger partial charge in [0.25, 0.3) is 0 Å². The van der Waals surface area contributed by atoms with E-state index in [2.05, 4.69) is 0 Å². The number of hydrogen-bond acceptors (Lipinski definition) is 3. The summed E-state index contributed by atoms with van der Waals surface area (Å²) < 4.78 is 0. The van der Waals surface area contributed by atoms with Crippen LogP contribution in [0.2, 0.25) is 0 Å². The zero-order chi connectivity index (χ0) is 10.5. The van der Waals surface area contributed by atoms with Crippen molar-refractivity contribution in [2.75, 3.05) is 0 Å². The molecule has 0 amide bonds. The van der Waals surface area contributed by atoms with Gasteiger partial charge in [0.2, 0.25) is 0 Å². The van der Waals surface area contributed by atoms with Crippen LogP contribution in [0, 0.1) is 0 Å². The molecule has 1 atom stereocenters. The van der Waals surface area contributed by atoms with Crippen molar-refractivity contribution in [2.45, 2.75) is 51.2 Å². The Kier molecular flexibility index (Phi) is 4.95. The number of rotatable bonds is 6.